The summed E-state index contributed by atoms with van der Waals surface area (Å²) < 4.78 is 11.8. The van der Waals surface area contributed by atoms with Crippen molar-refractivity contribution >= 4 is 5.91 Å². The predicted octanol–water partition coefficient (Wildman–Crippen LogP) is 4.94. The Kier molecular flexibility index (Phi) is 9.16. The van der Waals surface area contributed by atoms with Gasteiger partial charge in [-0.15, -0.1) is 0 Å². The van der Waals surface area contributed by atoms with Crippen LogP contribution in [-0.2, 0) is 16.1 Å². The Hall–Kier alpha value is -2.88. The van der Waals surface area contributed by atoms with Gasteiger partial charge in [-0.05, 0) is 47.7 Å². The molecule has 1 saturated heterocycles. The standard InChI is InChI=1S/C29H37N3O3/c1-34-27-8-4-7-26(19-27)28(35-22-25-11-9-24(20-30)10-12-25)21-31-15-17-32(18-16-31)29(33)14-13-23-5-2-3-6-23/h4,7-12,19,23,28H,2-3,5-6,13-18,21-22H2,1H3. The van der Waals surface area contributed by atoms with E-state index in [-0.39, 0.29) is 6.10 Å². The van der Waals surface area contributed by atoms with E-state index < -0.39 is 0 Å². The Bertz CT molecular complexity index is 987. The van der Waals surface area contributed by atoms with Crippen molar-refractivity contribution in [1.29, 1.82) is 5.26 Å². The summed E-state index contributed by atoms with van der Waals surface area (Å²) in [6.45, 7) is 4.50. The van der Waals surface area contributed by atoms with E-state index in [2.05, 4.69) is 17.0 Å². The van der Waals surface area contributed by atoms with Crippen molar-refractivity contribution in [3.8, 4) is 11.8 Å². The van der Waals surface area contributed by atoms with Crippen molar-refractivity contribution in [1.82, 2.24) is 9.80 Å². The van der Waals surface area contributed by atoms with Gasteiger partial charge in [0.05, 0.1) is 31.5 Å². The summed E-state index contributed by atoms with van der Waals surface area (Å²) in [6, 6.07) is 17.7. The average Bonchev–Trinajstić information content (AvgIpc) is 3.44. The third-order valence-electron chi connectivity index (χ3n) is 7.39. The summed E-state index contributed by atoms with van der Waals surface area (Å²) in [4.78, 5) is 17.2. The Morgan fingerprint density at radius 1 is 1.09 bits per heavy atom. The number of nitriles is 1. The average molecular weight is 476 g/mol. The minimum atomic E-state index is -0.120. The SMILES string of the molecule is COc1cccc(C(CN2CCN(C(=O)CCC3CCCC3)CC2)OCc2ccc(C#N)cc2)c1. The molecule has 0 N–H and O–H groups in total. The molecule has 0 spiro atoms. The van der Waals surface area contributed by atoms with Crippen molar-refractivity contribution in [3.05, 3.63) is 65.2 Å². The maximum Gasteiger partial charge on any atom is 0.222 e. The van der Waals surface area contributed by atoms with Crippen molar-refractivity contribution < 1.29 is 14.3 Å². The zero-order valence-corrected chi connectivity index (χ0v) is 20.8. The lowest BCUT2D eigenvalue weighted by Gasteiger charge is -2.36. The van der Waals surface area contributed by atoms with Crippen molar-refractivity contribution in [3.63, 3.8) is 0 Å². The summed E-state index contributed by atoms with van der Waals surface area (Å²) >= 11 is 0. The third-order valence-corrected chi connectivity index (χ3v) is 7.39. The first-order valence-corrected chi connectivity index (χ1v) is 12.9. The van der Waals surface area contributed by atoms with E-state index in [0.717, 1.165) is 61.9 Å². The number of rotatable bonds is 10. The van der Waals surface area contributed by atoms with Gasteiger partial charge in [0.1, 0.15) is 5.75 Å². The quantitative estimate of drug-likeness (QED) is 0.487. The van der Waals surface area contributed by atoms with Gasteiger partial charge in [-0.1, -0.05) is 49.9 Å². The van der Waals surface area contributed by atoms with Crippen LogP contribution in [0.15, 0.2) is 48.5 Å². The first-order chi connectivity index (χ1) is 17.1. The van der Waals surface area contributed by atoms with Crippen molar-refractivity contribution in [2.45, 2.75) is 51.2 Å². The fraction of sp³-hybridized carbons (Fsp3) is 0.517. The number of benzene rings is 2. The largest absolute Gasteiger partial charge is 0.497 e. The topological polar surface area (TPSA) is 65.8 Å². The molecule has 1 heterocycles. The molecule has 186 valence electrons. The van der Waals surface area contributed by atoms with E-state index in [1.807, 2.05) is 47.4 Å². The molecule has 6 nitrogen and oxygen atoms in total. The van der Waals surface area contributed by atoms with E-state index in [1.165, 1.54) is 25.7 Å². The molecule has 0 bridgehead atoms. The van der Waals surface area contributed by atoms with Gasteiger partial charge in [-0.25, -0.2) is 0 Å². The molecular formula is C29H37N3O3. The Balaban J connectivity index is 1.33. The van der Waals surface area contributed by atoms with E-state index in [9.17, 15) is 4.79 Å². The van der Waals surface area contributed by atoms with Crippen LogP contribution in [0.1, 0.15) is 61.3 Å². The molecule has 35 heavy (non-hydrogen) atoms. The van der Waals surface area contributed by atoms with Gasteiger partial charge >= 0.3 is 0 Å². The number of piperazine rings is 1. The van der Waals surface area contributed by atoms with Gasteiger partial charge < -0.3 is 14.4 Å². The van der Waals surface area contributed by atoms with Crippen LogP contribution < -0.4 is 4.74 Å². The molecule has 1 amide bonds. The predicted molar refractivity (Wildman–Crippen MR) is 136 cm³/mol. The summed E-state index contributed by atoms with van der Waals surface area (Å²) in [6.07, 6.45) is 6.90. The maximum absolute atomic E-state index is 12.7. The molecule has 4 rings (SSSR count). The molecule has 0 aromatic heterocycles. The number of nitrogens with zero attached hydrogens (tertiary/aromatic N) is 3. The Morgan fingerprint density at radius 2 is 1.83 bits per heavy atom. The van der Waals surface area contributed by atoms with Crippen LogP contribution in [-0.4, -0.2) is 55.5 Å². The maximum atomic E-state index is 12.7. The summed E-state index contributed by atoms with van der Waals surface area (Å²) in [5.74, 6) is 1.89. The van der Waals surface area contributed by atoms with Crippen LogP contribution in [0, 0.1) is 17.2 Å². The van der Waals surface area contributed by atoms with E-state index in [4.69, 9.17) is 14.7 Å². The van der Waals surface area contributed by atoms with Gasteiger partial charge in [0.15, 0.2) is 0 Å². The molecule has 2 aromatic rings. The zero-order valence-electron chi connectivity index (χ0n) is 20.8. The monoisotopic (exact) mass is 475 g/mol. The Morgan fingerprint density at radius 3 is 2.51 bits per heavy atom. The third kappa shape index (κ3) is 7.30. The second-order valence-electron chi connectivity index (χ2n) is 9.76. The van der Waals surface area contributed by atoms with Gasteiger partial charge in [0, 0.05) is 39.1 Å². The normalized spacial score (nSPS) is 17.8. The Labute approximate surface area is 209 Å². The van der Waals surface area contributed by atoms with Gasteiger partial charge in [0.2, 0.25) is 5.91 Å². The van der Waals surface area contributed by atoms with Gasteiger partial charge in [-0.3, -0.25) is 9.69 Å². The van der Waals surface area contributed by atoms with E-state index in [1.54, 1.807) is 7.11 Å². The minimum absolute atomic E-state index is 0.120. The van der Waals surface area contributed by atoms with Crippen LogP contribution >= 0.6 is 0 Å². The summed E-state index contributed by atoms with van der Waals surface area (Å²) in [7, 11) is 1.68. The number of amides is 1. The highest BCUT2D eigenvalue weighted by Crippen LogP contribution is 2.29. The number of carbonyl (C=O) groups excluding carboxylic acids is 1. The molecular weight excluding hydrogens is 438 g/mol. The molecule has 1 atom stereocenters. The smallest absolute Gasteiger partial charge is 0.222 e. The molecule has 1 aliphatic carbocycles. The highest BCUT2D eigenvalue weighted by atomic mass is 16.5. The number of hydrogen-bond donors (Lipinski definition) is 0. The second kappa shape index (κ2) is 12.7. The van der Waals surface area contributed by atoms with Crippen LogP contribution in [0.5, 0.6) is 5.75 Å². The zero-order chi connectivity index (χ0) is 24.5. The fourth-order valence-corrected chi connectivity index (χ4v) is 5.17. The molecule has 1 saturated carbocycles. The van der Waals surface area contributed by atoms with E-state index >= 15 is 0 Å². The highest BCUT2D eigenvalue weighted by molar-refractivity contribution is 5.76. The lowest BCUT2D eigenvalue weighted by atomic mass is 10.0. The van der Waals surface area contributed by atoms with E-state index in [0.29, 0.717) is 24.5 Å². The molecule has 6 heteroatoms. The lowest BCUT2D eigenvalue weighted by Crippen LogP contribution is -2.49. The van der Waals surface area contributed by atoms with Crippen molar-refractivity contribution in [2.75, 3.05) is 39.8 Å². The highest BCUT2D eigenvalue weighted by Gasteiger charge is 2.25. The van der Waals surface area contributed by atoms with Crippen LogP contribution in [0.2, 0.25) is 0 Å². The molecule has 2 aliphatic rings. The number of ether oxygens (including phenoxy) is 2. The van der Waals surface area contributed by atoms with Crippen molar-refractivity contribution in [2.24, 2.45) is 5.92 Å². The van der Waals surface area contributed by atoms with Crippen LogP contribution in [0.4, 0.5) is 0 Å². The number of methoxy groups -OCH3 is 1. The molecule has 1 unspecified atom stereocenters. The van der Waals surface area contributed by atoms with Crippen LogP contribution in [0.3, 0.4) is 0 Å². The summed E-state index contributed by atoms with van der Waals surface area (Å²) in [5.41, 5.74) is 2.76. The number of hydrogen-bond acceptors (Lipinski definition) is 5. The van der Waals surface area contributed by atoms with Gasteiger partial charge in [0.25, 0.3) is 0 Å². The lowest BCUT2D eigenvalue weighted by molar-refractivity contribution is -0.133. The second-order valence-corrected chi connectivity index (χ2v) is 9.76. The molecule has 0 radical (unpaired) electrons. The first-order valence-electron chi connectivity index (χ1n) is 12.9. The van der Waals surface area contributed by atoms with Gasteiger partial charge in [-0.2, -0.15) is 5.26 Å². The summed E-state index contributed by atoms with van der Waals surface area (Å²) in [5, 5.41) is 9.04. The van der Waals surface area contributed by atoms with Crippen LogP contribution in [0.25, 0.3) is 0 Å². The fourth-order valence-electron chi connectivity index (χ4n) is 5.17. The molecule has 2 fully saturated rings. The first kappa shape index (κ1) is 25.2. The minimum Gasteiger partial charge on any atom is -0.497 e. The molecule has 1 aliphatic heterocycles. The molecule has 2 aromatic carbocycles. The number of carbonyl (C=O) groups is 1.